The van der Waals surface area contributed by atoms with Crippen molar-refractivity contribution in [2.24, 2.45) is 5.73 Å². The Balaban J connectivity index is 2.25. The smallest absolute Gasteiger partial charge is 0.219 e. The molecular weight excluding hydrogens is 257 g/mol. The van der Waals surface area contributed by atoms with E-state index in [2.05, 4.69) is 4.98 Å². The van der Waals surface area contributed by atoms with Gasteiger partial charge in [-0.2, -0.15) is 0 Å². The number of nitrogens with two attached hydrogens (primary N) is 1. The SMILES string of the molecule is N=C(N)c1ccnc(Oc2ccc(F)c(Cl)c2)c1. The average molecular weight is 266 g/mol. The number of nitrogen functional groups attached to an aromatic ring is 1. The molecule has 2 rings (SSSR count). The maximum atomic E-state index is 13.0. The molecule has 0 radical (unpaired) electrons. The predicted molar refractivity (Wildman–Crippen MR) is 66.7 cm³/mol. The molecule has 1 aromatic heterocycles. The number of benzene rings is 1. The minimum atomic E-state index is -0.519. The van der Waals surface area contributed by atoms with Gasteiger partial charge < -0.3 is 10.5 Å². The van der Waals surface area contributed by atoms with Gasteiger partial charge in [-0.3, -0.25) is 5.41 Å². The van der Waals surface area contributed by atoms with Gasteiger partial charge in [0.05, 0.1) is 5.02 Å². The second kappa shape index (κ2) is 5.01. The Bertz CT molecular complexity index is 604. The van der Waals surface area contributed by atoms with Crippen molar-refractivity contribution in [3.05, 3.63) is 52.9 Å². The Morgan fingerprint density at radius 1 is 1.33 bits per heavy atom. The quantitative estimate of drug-likeness (QED) is 0.662. The lowest BCUT2D eigenvalue weighted by Crippen LogP contribution is -2.11. The lowest BCUT2D eigenvalue weighted by molar-refractivity contribution is 0.461. The standard InChI is InChI=1S/C12H9ClFN3O/c13-9-6-8(1-2-10(9)14)18-11-5-7(12(15)16)3-4-17-11/h1-6H,(H3,15,16). The number of hydrogen-bond donors (Lipinski definition) is 2. The lowest BCUT2D eigenvalue weighted by Gasteiger charge is -2.06. The van der Waals surface area contributed by atoms with Crippen molar-refractivity contribution in [1.29, 1.82) is 5.41 Å². The molecule has 1 aromatic carbocycles. The highest BCUT2D eigenvalue weighted by Crippen LogP contribution is 2.25. The highest BCUT2D eigenvalue weighted by molar-refractivity contribution is 6.30. The molecule has 4 nitrogen and oxygen atoms in total. The second-order valence-corrected chi connectivity index (χ2v) is 3.88. The molecule has 92 valence electrons. The third-order valence-electron chi connectivity index (χ3n) is 2.16. The number of halogens is 2. The van der Waals surface area contributed by atoms with E-state index in [4.69, 9.17) is 27.5 Å². The van der Waals surface area contributed by atoms with Gasteiger partial charge in [0.25, 0.3) is 0 Å². The summed E-state index contributed by atoms with van der Waals surface area (Å²) < 4.78 is 18.4. The van der Waals surface area contributed by atoms with Crippen molar-refractivity contribution in [1.82, 2.24) is 4.98 Å². The zero-order valence-electron chi connectivity index (χ0n) is 9.15. The van der Waals surface area contributed by atoms with Crippen LogP contribution in [0.3, 0.4) is 0 Å². The summed E-state index contributed by atoms with van der Waals surface area (Å²) in [5, 5.41) is 7.27. The minimum absolute atomic E-state index is 0.0322. The van der Waals surface area contributed by atoms with Gasteiger partial charge >= 0.3 is 0 Å². The van der Waals surface area contributed by atoms with E-state index in [1.54, 1.807) is 6.07 Å². The van der Waals surface area contributed by atoms with Crippen molar-refractivity contribution in [3.63, 3.8) is 0 Å². The van der Waals surface area contributed by atoms with Crippen LogP contribution in [0.4, 0.5) is 4.39 Å². The van der Waals surface area contributed by atoms with E-state index in [0.717, 1.165) is 0 Å². The molecule has 1 heterocycles. The molecule has 0 saturated carbocycles. The third-order valence-corrected chi connectivity index (χ3v) is 2.45. The second-order valence-electron chi connectivity index (χ2n) is 3.47. The molecule has 0 saturated heterocycles. The van der Waals surface area contributed by atoms with Crippen LogP contribution in [0.15, 0.2) is 36.5 Å². The van der Waals surface area contributed by atoms with Crippen LogP contribution < -0.4 is 10.5 Å². The number of aromatic nitrogens is 1. The summed E-state index contributed by atoms with van der Waals surface area (Å²) in [6.07, 6.45) is 1.47. The fourth-order valence-electron chi connectivity index (χ4n) is 1.29. The van der Waals surface area contributed by atoms with Crippen LogP contribution in [0.2, 0.25) is 5.02 Å². The fourth-order valence-corrected chi connectivity index (χ4v) is 1.46. The zero-order valence-corrected chi connectivity index (χ0v) is 9.91. The molecule has 0 aliphatic heterocycles. The molecule has 6 heteroatoms. The van der Waals surface area contributed by atoms with Crippen LogP contribution in [-0.2, 0) is 0 Å². The van der Waals surface area contributed by atoms with Crippen molar-refractivity contribution in [2.75, 3.05) is 0 Å². The summed E-state index contributed by atoms with van der Waals surface area (Å²) >= 11 is 5.63. The van der Waals surface area contributed by atoms with Gasteiger partial charge in [-0.05, 0) is 18.2 Å². The molecule has 0 unspecified atom stereocenters. The monoisotopic (exact) mass is 265 g/mol. The first kappa shape index (κ1) is 12.3. The van der Waals surface area contributed by atoms with Gasteiger partial charge in [0.2, 0.25) is 5.88 Å². The van der Waals surface area contributed by atoms with Crippen molar-refractivity contribution in [3.8, 4) is 11.6 Å². The number of amidine groups is 1. The maximum Gasteiger partial charge on any atom is 0.219 e. The van der Waals surface area contributed by atoms with E-state index < -0.39 is 5.82 Å². The van der Waals surface area contributed by atoms with E-state index in [9.17, 15) is 4.39 Å². The van der Waals surface area contributed by atoms with Crippen LogP contribution in [0.5, 0.6) is 11.6 Å². The van der Waals surface area contributed by atoms with Gasteiger partial charge in [0.15, 0.2) is 0 Å². The predicted octanol–water partition coefficient (Wildman–Crippen LogP) is 2.95. The number of pyridine rings is 1. The van der Waals surface area contributed by atoms with E-state index in [1.165, 1.54) is 30.5 Å². The Hall–Kier alpha value is -2.14. The van der Waals surface area contributed by atoms with Gasteiger partial charge in [-0.25, -0.2) is 9.37 Å². The lowest BCUT2D eigenvalue weighted by atomic mass is 10.2. The van der Waals surface area contributed by atoms with Crippen LogP contribution in [0, 0.1) is 11.2 Å². The van der Waals surface area contributed by atoms with Crippen molar-refractivity contribution in [2.45, 2.75) is 0 Å². The van der Waals surface area contributed by atoms with E-state index in [-0.39, 0.29) is 16.7 Å². The summed E-state index contributed by atoms with van der Waals surface area (Å²) in [6.45, 7) is 0. The first-order chi connectivity index (χ1) is 8.56. The fraction of sp³-hybridized carbons (Fsp3) is 0. The summed E-state index contributed by atoms with van der Waals surface area (Å²) in [5.74, 6) is 0.00817. The highest BCUT2D eigenvalue weighted by atomic mass is 35.5. The summed E-state index contributed by atoms with van der Waals surface area (Å²) in [6, 6.07) is 7.08. The Morgan fingerprint density at radius 2 is 2.11 bits per heavy atom. The molecule has 2 aromatic rings. The van der Waals surface area contributed by atoms with Crippen LogP contribution in [0.1, 0.15) is 5.56 Å². The zero-order chi connectivity index (χ0) is 13.1. The van der Waals surface area contributed by atoms with Crippen LogP contribution in [-0.4, -0.2) is 10.8 Å². The van der Waals surface area contributed by atoms with Gasteiger partial charge in [-0.15, -0.1) is 0 Å². The van der Waals surface area contributed by atoms with Crippen molar-refractivity contribution >= 4 is 17.4 Å². The van der Waals surface area contributed by atoms with Crippen LogP contribution in [0.25, 0.3) is 0 Å². The maximum absolute atomic E-state index is 13.0. The van der Waals surface area contributed by atoms with E-state index in [1.807, 2.05) is 0 Å². The largest absolute Gasteiger partial charge is 0.439 e. The van der Waals surface area contributed by atoms with E-state index in [0.29, 0.717) is 11.3 Å². The molecule has 0 spiro atoms. The Morgan fingerprint density at radius 3 is 2.78 bits per heavy atom. The normalized spacial score (nSPS) is 10.1. The molecule has 0 fully saturated rings. The minimum Gasteiger partial charge on any atom is -0.439 e. The summed E-state index contributed by atoms with van der Waals surface area (Å²) in [7, 11) is 0. The molecule has 0 aliphatic carbocycles. The topological polar surface area (TPSA) is 72.0 Å². The Labute approximate surface area is 108 Å². The molecule has 18 heavy (non-hydrogen) atoms. The first-order valence-electron chi connectivity index (χ1n) is 4.99. The molecular formula is C12H9ClFN3O. The van der Waals surface area contributed by atoms with Gasteiger partial charge in [-0.1, -0.05) is 11.6 Å². The number of ether oxygens (including phenoxy) is 1. The molecule has 0 amide bonds. The summed E-state index contributed by atoms with van der Waals surface area (Å²) in [4.78, 5) is 3.96. The molecule has 0 bridgehead atoms. The van der Waals surface area contributed by atoms with Crippen LogP contribution >= 0.6 is 11.6 Å². The Kier molecular flexibility index (Phi) is 3.43. The third kappa shape index (κ3) is 2.75. The van der Waals surface area contributed by atoms with Crippen molar-refractivity contribution < 1.29 is 9.13 Å². The molecule has 3 N–H and O–H groups in total. The number of nitrogens with one attached hydrogen (secondary N) is 1. The van der Waals surface area contributed by atoms with E-state index >= 15 is 0 Å². The highest BCUT2D eigenvalue weighted by Gasteiger charge is 2.05. The van der Waals surface area contributed by atoms with Gasteiger partial charge in [0.1, 0.15) is 17.4 Å². The number of rotatable bonds is 3. The first-order valence-corrected chi connectivity index (χ1v) is 5.37. The van der Waals surface area contributed by atoms with Gasteiger partial charge in [0, 0.05) is 23.9 Å². The molecule has 0 aliphatic rings. The average Bonchev–Trinajstić information content (AvgIpc) is 2.34. The number of hydrogen-bond acceptors (Lipinski definition) is 3. The summed E-state index contributed by atoms with van der Waals surface area (Å²) in [5.41, 5.74) is 5.84. The number of nitrogens with zero attached hydrogens (tertiary/aromatic N) is 1. The molecule has 0 atom stereocenters.